The van der Waals surface area contributed by atoms with Gasteiger partial charge >= 0.3 is 11.9 Å². The quantitative estimate of drug-likeness (QED) is 0.541. The lowest BCUT2D eigenvalue weighted by atomic mass is 9.99. The summed E-state index contributed by atoms with van der Waals surface area (Å²) in [6.45, 7) is 19.9. The van der Waals surface area contributed by atoms with Crippen LogP contribution in [0.5, 0.6) is 0 Å². The average molecular weight is 374 g/mol. The first kappa shape index (κ1) is 22.1. The molecule has 1 heterocycles. The van der Waals surface area contributed by atoms with E-state index in [2.05, 4.69) is 33.9 Å². The molecule has 0 bridgehead atoms. The zero-order valence-corrected chi connectivity index (χ0v) is 18.4. The van der Waals surface area contributed by atoms with Crippen LogP contribution in [0.2, 0.25) is 18.1 Å². The van der Waals surface area contributed by atoms with Crippen LogP contribution in [-0.4, -0.2) is 49.1 Å². The maximum Gasteiger partial charge on any atom is 0.326 e. The molecule has 0 aromatic heterocycles. The van der Waals surface area contributed by atoms with Crippen molar-refractivity contribution >= 4 is 20.3 Å². The molecule has 6 nitrogen and oxygen atoms in total. The van der Waals surface area contributed by atoms with Gasteiger partial charge in [0.1, 0.15) is 12.2 Å². The third-order valence-corrected chi connectivity index (χ3v) is 9.44. The number of rotatable bonds is 5. The lowest BCUT2D eigenvalue weighted by molar-refractivity contribution is -0.213. The highest BCUT2D eigenvalue weighted by atomic mass is 28.4. The number of esters is 1. The summed E-state index contributed by atoms with van der Waals surface area (Å²) in [7, 11) is -2.14. The Bertz CT molecular complexity index is 507. The Hall–Kier alpha value is -0.923. The van der Waals surface area contributed by atoms with Crippen molar-refractivity contribution in [2.75, 3.05) is 0 Å². The van der Waals surface area contributed by atoms with E-state index in [1.807, 2.05) is 27.7 Å². The van der Waals surface area contributed by atoms with Crippen molar-refractivity contribution in [2.45, 2.75) is 104 Å². The Balaban J connectivity index is 3.22. The van der Waals surface area contributed by atoms with Gasteiger partial charge in [-0.05, 0) is 45.8 Å². The van der Waals surface area contributed by atoms with Gasteiger partial charge in [-0.3, -0.25) is 9.59 Å². The van der Waals surface area contributed by atoms with Crippen molar-refractivity contribution in [3.05, 3.63) is 0 Å². The molecular formula is C18H35NO5Si. The number of hydrogen-bond acceptors (Lipinski definition) is 6. The van der Waals surface area contributed by atoms with Crippen LogP contribution in [-0.2, 0) is 23.6 Å². The number of nitrogens with zero attached hydrogens (tertiary/aromatic N) is 1. The fraction of sp³-hybridized carbons (Fsp3) is 0.889. The molecule has 0 saturated carbocycles. The molecule has 0 spiro atoms. The third-order valence-electron chi connectivity index (χ3n) is 4.97. The van der Waals surface area contributed by atoms with Gasteiger partial charge in [0.15, 0.2) is 8.32 Å². The van der Waals surface area contributed by atoms with Crippen LogP contribution < -0.4 is 0 Å². The van der Waals surface area contributed by atoms with E-state index in [1.54, 1.807) is 5.06 Å². The summed E-state index contributed by atoms with van der Waals surface area (Å²) >= 11 is 0. The van der Waals surface area contributed by atoms with Crippen molar-refractivity contribution in [1.29, 1.82) is 0 Å². The fourth-order valence-corrected chi connectivity index (χ4v) is 4.07. The minimum atomic E-state index is -2.14. The van der Waals surface area contributed by atoms with Crippen LogP contribution >= 0.6 is 0 Å². The zero-order chi connectivity index (χ0) is 19.8. The highest BCUT2D eigenvalue weighted by molar-refractivity contribution is 6.74. The standard InChI is InChI=1S/C18H35NO5Si/c1-12(22-13(2)20)16(24-25(9,10)18(6,7)8)14-11-15(21)23-19(14)17(3,4)5/h12,14,16H,11H2,1-10H3/t12-,14+,16-/m0/s1. The van der Waals surface area contributed by atoms with Crippen molar-refractivity contribution in [1.82, 2.24) is 5.06 Å². The smallest absolute Gasteiger partial charge is 0.326 e. The molecular weight excluding hydrogens is 338 g/mol. The van der Waals surface area contributed by atoms with Gasteiger partial charge in [0.2, 0.25) is 0 Å². The van der Waals surface area contributed by atoms with Crippen molar-refractivity contribution in [3.63, 3.8) is 0 Å². The first-order valence-corrected chi connectivity index (χ1v) is 11.8. The molecule has 0 aliphatic carbocycles. The Labute approximate surface area is 153 Å². The topological polar surface area (TPSA) is 65.1 Å². The first-order chi connectivity index (χ1) is 11.1. The number of carbonyl (C=O) groups excluding carboxylic acids is 2. The highest BCUT2D eigenvalue weighted by Gasteiger charge is 2.50. The van der Waals surface area contributed by atoms with Gasteiger partial charge in [0.25, 0.3) is 0 Å². The second-order valence-corrected chi connectivity index (χ2v) is 14.1. The molecule has 25 heavy (non-hydrogen) atoms. The molecule has 1 fully saturated rings. The minimum Gasteiger partial charge on any atom is -0.460 e. The molecule has 1 rings (SSSR count). The zero-order valence-electron chi connectivity index (χ0n) is 17.4. The van der Waals surface area contributed by atoms with Crippen molar-refractivity contribution in [3.8, 4) is 0 Å². The predicted molar refractivity (Wildman–Crippen MR) is 99.4 cm³/mol. The van der Waals surface area contributed by atoms with E-state index in [1.165, 1.54) is 6.92 Å². The van der Waals surface area contributed by atoms with E-state index in [4.69, 9.17) is 14.0 Å². The van der Waals surface area contributed by atoms with Gasteiger partial charge in [-0.1, -0.05) is 20.8 Å². The largest absolute Gasteiger partial charge is 0.460 e. The normalized spacial score (nSPS) is 22.5. The summed E-state index contributed by atoms with van der Waals surface area (Å²) in [6, 6.07) is -0.295. The van der Waals surface area contributed by atoms with Crippen molar-refractivity contribution < 1.29 is 23.6 Å². The predicted octanol–water partition coefficient (Wildman–Crippen LogP) is 3.66. The Kier molecular flexibility index (Phi) is 6.52. The molecule has 1 saturated heterocycles. The summed E-state index contributed by atoms with van der Waals surface area (Å²) in [6.07, 6.45) is -0.686. The van der Waals surface area contributed by atoms with Gasteiger partial charge in [0, 0.05) is 12.5 Å². The average Bonchev–Trinajstić information content (AvgIpc) is 2.75. The van der Waals surface area contributed by atoms with Crippen molar-refractivity contribution in [2.24, 2.45) is 0 Å². The lowest BCUT2D eigenvalue weighted by Gasteiger charge is -2.44. The van der Waals surface area contributed by atoms with Crippen LogP contribution in [0.1, 0.15) is 61.8 Å². The lowest BCUT2D eigenvalue weighted by Crippen LogP contribution is -2.57. The van der Waals surface area contributed by atoms with Gasteiger partial charge in [-0.25, -0.2) is 0 Å². The summed E-state index contributed by atoms with van der Waals surface area (Å²) in [5.74, 6) is -0.636. The molecule has 0 aromatic carbocycles. The molecule has 0 aromatic rings. The minimum absolute atomic E-state index is 0.00275. The second-order valence-electron chi connectivity index (χ2n) is 9.39. The van der Waals surface area contributed by atoms with Crippen LogP contribution in [0.15, 0.2) is 0 Å². The second kappa shape index (κ2) is 7.37. The summed E-state index contributed by atoms with van der Waals surface area (Å²) in [4.78, 5) is 29.0. The molecule has 0 amide bonds. The molecule has 146 valence electrons. The fourth-order valence-electron chi connectivity index (χ4n) is 2.69. The molecule has 1 aliphatic rings. The summed E-state index contributed by atoms with van der Waals surface area (Å²) in [5.41, 5.74) is -0.373. The molecule has 0 unspecified atom stereocenters. The van der Waals surface area contributed by atoms with E-state index in [9.17, 15) is 9.59 Å². The number of hydrogen-bond donors (Lipinski definition) is 0. The third kappa shape index (κ3) is 5.52. The summed E-state index contributed by atoms with van der Waals surface area (Å²) in [5, 5.41) is 1.70. The van der Waals surface area contributed by atoms with E-state index in [0.717, 1.165) is 0 Å². The van der Waals surface area contributed by atoms with Gasteiger partial charge in [-0.15, -0.1) is 5.06 Å². The number of hydroxylamine groups is 2. The van der Waals surface area contributed by atoms with E-state index in [0.29, 0.717) is 0 Å². The van der Waals surface area contributed by atoms with E-state index >= 15 is 0 Å². The monoisotopic (exact) mass is 373 g/mol. The molecule has 1 aliphatic heterocycles. The van der Waals surface area contributed by atoms with Crippen LogP contribution in [0.4, 0.5) is 0 Å². The van der Waals surface area contributed by atoms with Gasteiger partial charge in [-0.2, -0.15) is 0 Å². The SMILES string of the molecule is CC(=O)O[C@@H](C)[C@H](O[Si](C)(C)C(C)(C)C)[C@H]1CC(=O)ON1C(C)(C)C. The van der Waals surface area contributed by atoms with Gasteiger partial charge < -0.3 is 14.0 Å². The maximum atomic E-state index is 12.0. The Morgan fingerprint density at radius 1 is 1.24 bits per heavy atom. The van der Waals surface area contributed by atoms with E-state index < -0.39 is 20.5 Å². The molecule has 3 atom stereocenters. The molecule has 0 radical (unpaired) electrons. The van der Waals surface area contributed by atoms with E-state index in [-0.39, 0.29) is 35.0 Å². The van der Waals surface area contributed by atoms with Crippen LogP contribution in [0, 0.1) is 0 Å². The number of ether oxygens (including phenoxy) is 1. The molecule has 7 heteroatoms. The van der Waals surface area contributed by atoms with Gasteiger partial charge in [0.05, 0.1) is 12.5 Å². The highest BCUT2D eigenvalue weighted by Crippen LogP contribution is 2.40. The van der Waals surface area contributed by atoms with Crippen LogP contribution in [0.25, 0.3) is 0 Å². The maximum absolute atomic E-state index is 12.0. The Morgan fingerprint density at radius 3 is 2.16 bits per heavy atom. The first-order valence-electron chi connectivity index (χ1n) is 8.91. The molecule has 0 N–H and O–H groups in total. The summed E-state index contributed by atoms with van der Waals surface area (Å²) < 4.78 is 12.1. The number of carbonyl (C=O) groups is 2. The van der Waals surface area contributed by atoms with Crippen LogP contribution in [0.3, 0.4) is 0 Å². The Morgan fingerprint density at radius 2 is 1.76 bits per heavy atom.